The number of hydrazine groups is 1. The normalized spacial score (nSPS) is 10.1. The van der Waals surface area contributed by atoms with Gasteiger partial charge in [0.2, 0.25) is 0 Å². The zero-order chi connectivity index (χ0) is 15.9. The number of hydrogen-bond donors (Lipinski definition) is 3. The van der Waals surface area contributed by atoms with Crippen molar-refractivity contribution in [2.24, 2.45) is 5.84 Å². The third kappa shape index (κ3) is 3.93. The molecule has 2 aromatic rings. The molecule has 22 heavy (non-hydrogen) atoms. The van der Waals surface area contributed by atoms with Crippen LogP contribution in [0, 0.1) is 6.92 Å². The van der Waals surface area contributed by atoms with Crippen LogP contribution in [0.3, 0.4) is 0 Å². The van der Waals surface area contributed by atoms with Gasteiger partial charge in [-0.3, -0.25) is 5.43 Å². The molecule has 0 heterocycles. The first-order valence-corrected chi connectivity index (χ1v) is 7.76. The van der Waals surface area contributed by atoms with E-state index in [0.29, 0.717) is 11.4 Å². The fourth-order valence-electron chi connectivity index (χ4n) is 2.00. The number of rotatable bonds is 5. The molecule has 6 heteroatoms. The van der Waals surface area contributed by atoms with Gasteiger partial charge in [-0.1, -0.05) is 30.3 Å². The Bertz CT molecular complexity index is 662. The topological polar surface area (TPSA) is 76.4 Å². The van der Waals surface area contributed by atoms with Gasteiger partial charge in [0.1, 0.15) is 5.75 Å². The van der Waals surface area contributed by atoms with Crippen LogP contribution >= 0.6 is 11.8 Å². The summed E-state index contributed by atoms with van der Waals surface area (Å²) >= 11 is 1.61. The van der Waals surface area contributed by atoms with Gasteiger partial charge in [0, 0.05) is 5.75 Å². The highest BCUT2D eigenvalue weighted by molar-refractivity contribution is 7.98. The van der Waals surface area contributed by atoms with E-state index in [2.05, 4.69) is 29.8 Å². The van der Waals surface area contributed by atoms with Crippen LogP contribution < -0.4 is 21.3 Å². The molecule has 0 spiro atoms. The van der Waals surface area contributed by atoms with E-state index in [0.717, 1.165) is 10.6 Å². The lowest BCUT2D eigenvalue weighted by molar-refractivity contribution is 0.252. The number of carbonyl (C=O) groups is 1. The predicted molar refractivity (Wildman–Crippen MR) is 90.1 cm³/mol. The highest BCUT2D eigenvalue weighted by Crippen LogP contribution is 2.38. The number of ether oxygens (including phenoxy) is 1. The Morgan fingerprint density at radius 2 is 2.00 bits per heavy atom. The van der Waals surface area contributed by atoms with Crippen LogP contribution in [-0.2, 0) is 5.75 Å². The van der Waals surface area contributed by atoms with Crippen LogP contribution in [-0.4, -0.2) is 13.1 Å². The summed E-state index contributed by atoms with van der Waals surface area (Å²) in [5.74, 6) is 6.63. The van der Waals surface area contributed by atoms with Crippen LogP contribution in [0.1, 0.15) is 11.1 Å². The summed E-state index contributed by atoms with van der Waals surface area (Å²) in [5, 5.41) is 2.71. The van der Waals surface area contributed by atoms with Crippen molar-refractivity contribution < 1.29 is 9.53 Å². The van der Waals surface area contributed by atoms with Crippen molar-refractivity contribution in [1.82, 2.24) is 5.43 Å². The Hall–Kier alpha value is -2.18. The minimum Gasteiger partial charge on any atom is -0.496 e. The minimum absolute atomic E-state index is 0.467. The van der Waals surface area contributed by atoms with Gasteiger partial charge >= 0.3 is 6.03 Å². The minimum atomic E-state index is -0.467. The molecule has 2 rings (SSSR count). The number of thioether (sulfide) groups is 1. The lowest BCUT2D eigenvalue weighted by atomic mass is 10.1. The summed E-state index contributed by atoms with van der Waals surface area (Å²) < 4.78 is 5.40. The average molecular weight is 317 g/mol. The number of carbonyl (C=O) groups excluding carboxylic acids is 1. The highest BCUT2D eigenvalue weighted by atomic mass is 32.2. The van der Waals surface area contributed by atoms with Crippen LogP contribution in [0.25, 0.3) is 0 Å². The van der Waals surface area contributed by atoms with Crippen molar-refractivity contribution in [3.8, 4) is 5.75 Å². The largest absolute Gasteiger partial charge is 0.496 e. The van der Waals surface area contributed by atoms with E-state index >= 15 is 0 Å². The first-order valence-electron chi connectivity index (χ1n) is 6.77. The molecule has 0 bridgehead atoms. The standard InChI is InChI=1S/C16H19N3O2S/c1-11-6-3-4-7-12(11)10-22-15-13(18-16(20)19-17)8-5-9-14(15)21-2/h3-9H,10,17H2,1-2H3,(H2,18,19,20). The molecular weight excluding hydrogens is 298 g/mol. The number of urea groups is 1. The third-order valence-electron chi connectivity index (χ3n) is 3.21. The SMILES string of the molecule is COc1cccc(NC(=O)NN)c1SCc1ccccc1C. The summed E-state index contributed by atoms with van der Waals surface area (Å²) in [6, 6.07) is 13.3. The Labute approximate surface area is 134 Å². The molecular formula is C16H19N3O2S. The maximum atomic E-state index is 11.5. The van der Waals surface area contributed by atoms with E-state index in [-0.39, 0.29) is 0 Å². The predicted octanol–water partition coefficient (Wildman–Crippen LogP) is 3.29. The van der Waals surface area contributed by atoms with Crippen LogP contribution in [0.2, 0.25) is 0 Å². The molecule has 0 saturated carbocycles. The molecule has 0 unspecified atom stereocenters. The summed E-state index contributed by atoms with van der Waals surface area (Å²) in [6.45, 7) is 2.08. The molecule has 0 radical (unpaired) electrons. The van der Waals surface area contributed by atoms with Gasteiger partial charge in [0.05, 0.1) is 17.7 Å². The fourth-order valence-corrected chi connectivity index (χ4v) is 3.20. The molecule has 2 amide bonds. The Morgan fingerprint density at radius 3 is 2.68 bits per heavy atom. The average Bonchev–Trinajstić information content (AvgIpc) is 2.54. The van der Waals surface area contributed by atoms with Crippen molar-refractivity contribution in [1.29, 1.82) is 0 Å². The molecule has 2 aromatic carbocycles. The monoisotopic (exact) mass is 317 g/mol. The van der Waals surface area contributed by atoms with E-state index in [1.807, 2.05) is 30.3 Å². The van der Waals surface area contributed by atoms with Crippen molar-refractivity contribution in [3.63, 3.8) is 0 Å². The zero-order valence-electron chi connectivity index (χ0n) is 12.6. The Balaban J connectivity index is 2.24. The number of amides is 2. The van der Waals surface area contributed by atoms with Gasteiger partial charge in [-0.25, -0.2) is 10.6 Å². The zero-order valence-corrected chi connectivity index (χ0v) is 13.4. The molecule has 0 aromatic heterocycles. The number of methoxy groups -OCH3 is 1. The van der Waals surface area contributed by atoms with E-state index in [4.69, 9.17) is 10.6 Å². The molecule has 0 saturated heterocycles. The van der Waals surface area contributed by atoms with Crippen molar-refractivity contribution in [2.75, 3.05) is 12.4 Å². The number of nitrogens with two attached hydrogens (primary N) is 1. The molecule has 0 aliphatic heterocycles. The fraction of sp³-hybridized carbons (Fsp3) is 0.188. The van der Waals surface area contributed by atoms with Gasteiger partial charge in [0.25, 0.3) is 0 Å². The highest BCUT2D eigenvalue weighted by Gasteiger charge is 2.12. The second-order valence-electron chi connectivity index (χ2n) is 4.65. The quantitative estimate of drug-likeness (QED) is 0.342. The maximum Gasteiger partial charge on any atom is 0.333 e. The number of benzene rings is 2. The van der Waals surface area contributed by atoms with Crippen LogP contribution in [0.4, 0.5) is 10.5 Å². The van der Waals surface area contributed by atoms with Crippen molar-refractivity contribution >= 4 is 23.5 Å². The van der Waals surface area contributed by atoms with E-state index in [9.17, 15) is 4.79 Å². The number of aryl methyl sites for hydroxylation is 1. The first-order chi connectivity index (χ1) is 10.7. The first kappa shape index (κ1) is 16.2. The number of nitrogens with one attached hydrogen (secondary N) is 2. The van der Waals surface area contributed by atoms with Gasteiger partial charge < -0.3 is 10.1 Å². The van der Waals surface area contributed by atoms with Crippen molar-refractivity contribution in [3.05, 3.63) is 53.6 Å². The smallest absolute Gasteiger partial charge is 0.333 e. The van der Waals surface area contributed by atoms with Crippen LogP contribution in [0.5, 0.6) is 5.75 Å². The van der Waals surface area contributed by atoms with E-state index in [1.54, 1.807) is 18.9 Å². The molecule has 116 valence electrons. The van der Waals surface area contributed by atoms with Gasteiger partial charge in [0.15, 0.2) is 0 Å². The second-order valence-corrected chi connectivity index (χ2v) is 5.64. The molecule has 0 atom stereocenters. The lowest BCUT2D eigenvalue weighted by Crippen LogP contribution is -2.34. The summed E-state index contributed by atoms with van der Waals surface area (Å²) in [4.78, 5) is 12.3. The van der Waals surface area contributed by atoms with Crippen LogP contribution in [0.15, 0.2) is 47.4 Å². The number of hydrogen-bond acceptors (Lipinski definition) is 4. The maximum absolute atomic E-state index is 11.5. The Kier molecular flexibility index (Phi) is 5.68. The number of anilines is 1. The summed E-state index contributed by atoms with van der Waals surface area (Å²) in [5.41, 5.74) is 5.21. The third-order valence-corrected chi connectivity index (χ3v) is 4.38. The second kappa shape index (κ2) is 7.72. The van der Waals surface area contributed by atoms with Gasteiger partial charge in [-0.2, -0.15) is 0 Å². The van der Waals surface area contributed by atoms with Gasteiger partial charge in [-0.15, -0.1) is 11.8 Å². The molecule has 0 fully saturated rings. The van der Waals surface area contributed by atoms with Crippen molar-refractivity contribution in [2.45, 2.75) is 17.6 Å². The molecule has 4 N–H and O–H groups in total. The van der Waals surface area contributed by atoms with E-state index < -0.39 is 6.03 Å². The molecule has 0 aliphatic rings. The van der Waals surface area contributed by atoms with E-state index in [1.165, 1.54) is 11.1 Å². The summed E-state index contributed by atoms with van der Waals surface area (Å²) in [7, 11) is 1.61. The molecule has 0 aliphatic carbocycles. The Morgan fingerprint density at radius 1 is 1.23 bits per heavy atom. The summed E-state index contributed by atoms with van der Waals surface area (Å²) in [6.07, 6.45) is 0. The molecule has 5 nitrogen and oxygen atoms in total. The van der Waals surface area contributed by atoms with Gasteiger partial charge in [-0.05, 0) is 30.2 Å². The lowest BCUT2D eigenvalue weighted by Gasteiger charge is -2.14.